The Bertz CT molecular complexity index is 966. The highest BCUT2D eigenvalue weighted by atomic mass is 32.2. The number of benzene rings is 2. The second-order valence-electron chi connectivity index (χ2n) is 5.72. The van der Waals surface area contributed by atoms with E-state index in [1.165, 1.54) is 17.4 Å². The van der Waals surface area contributed by atoms with Gasteiger partial charge in [-0.1, -0.05) is 42.1 Å². The number of thiophene rings is 1. The lowest BCUT2D eigenvalue weighted by molar-refractivity contribution is -0.142. The van der Waals surface area contributed by atoms with Gasteiger partial charge in [0.2, 0.25) is 0 Å². The van der Waals surface area contributed by atoms with Gasteiger partial charge in [-0.2, -0.15) is 0 Å². The van der Waals surface area contributed by atoms with Crippen molar-refractivity contribution in [2.75, 3.05) is 11.5 Å². The van der Waals surface area contributed by atoms with Crippen LogP contribution in [0.2, 0.25) is 0 Å². The van der Waals surface area contributed by atoms with Crippen LogP contribution in [0, 0.1) is 0 Å². The minimum absolute atomic E-state index is 0.284. The van der Waals surface area contributed by atoms with Crippen molar-refractivity contribution in [3.63, 3.8) is 0 Å². The molecule has 0 spiro atoms. The van der Waals surface area contributed by atoms with E-state index in [-0.39, 0.29) is 12.5 Å². The van der Waals surface area contributed by atoms with Crippen LogP contribution in [0.25, 0.3) is 6.08 Å². The van der Waals surface area contributed by atoms with Crippen molar-refractivity contribution in [3.05, 3.63) is 77.0 Å². The molecule has 0 unspecified atom stereocenters. The molecule has 1 aliphatic rings. The standard InChI is InChI=1S/C21H15NO3S2/c23-20(14-25-21(24)12-11-15-6-5-13-26-15)22-16-7-1-3-9-18(16)27-19-10-4-2-8-17(19)22/h1-13H,14H2/b12-11+. The van der Waals surface area contributed by atoms with Crippen molar-refractivity contribution in [1.29, 1.82) is 0 Å². The van der Waals surface area contributed by atoms with E-state index in [2.05, 4.69) is 0 Å². The molecule has 1 amide bonds. The van der Waals surface area contributed by atoms with E-state index >= 15 is 0 Å². The van der Waals surface area contributed by atoms with Gasteiger partial charge in [0.25, 0.3) is 5.91 Å². The van der Waals surface area contributed by atoms with Gasteiger partial charge in [0, 0.05) is 20.7 Å². The molecule has 0 atom stereocenters. The molecular formula is C21H15NO3S2. The first-order valence-corrected chi connectivity index (χ1v) is 9.99. The molecule has 6 heteroatoms. The summed E-state index contributed by atoms with van der Waals surface area (Å²) >= 11 is 3.15. The maximum Gasteiger partial charge on any atom is 0.331 e. The Balaban J connectivity index is 1.51. The predicted molar refractivity (Wildman–Crippen MR) is 108 cm³/mol. The quantitative estimate of drug-likeness (QED) is 0.455. The Labute approximate surface area is 165 Å². The largest absolute Gasteiger partial charge is 0.452 e. The van der Waals surface area contributed by atoms with E-state index in [0.717, 1.165) is 26.0 Å². The fourth-order valence-corrected chi connectivity index (χ4v) is 4.43. The molecule has 134 valence electrons. The number of hydrogen-bond donors (Lipinski definition) is 0. The average Bonchev–Trinajstić information content (AvgIpc) is 3.22. The van der Waals surface area contributed by atoms with Crippen molar-refractivity contribution < 1.29 is 14.3 Å². The van der Waals surface area contributed by atoms with Crippen LogP contribution in [0.5, 0.6) is 0 Å². The van der Waals surface area contributed by atoms with Gasteiger partial charge >= 0.3 is 5.97 Å². The smallest absolute Gasteiger partial charge is 0.331 e. The monoisotopic (exact) mass is 393 g/mol. The zero-order valence-electron chi connectivity index (χ0n) is 14.2. The van der Waals surface area contributed by atoms with Crippen LogP contribution in [0.1, 0.15) is 4.88 Å². The van der Waals surface area contributed by atoms with Gasteiger partial charge in [-0.15, -0.1) is 11.3 Å². The van der Waals surface area contributed by atoms with E-state index in [1.54, 1.807) is 22.7 Å². The van der Waals surface area contributed by atoms with Crippen LogP contribution in [-0.4, -0.2) is 18.5 Å². The summed E-state index contributed by atoms with van der Waals surface area (Å²) in [5, 5.41) is 1.93. The molecule has 0 aliphatic carbocycles. The van der Waals surface area contributed by atoms with E-state index in [1.807, 2.05) is 66.0 Å². The number of para-hydroxylation sites is 2. The van der Waals surface area contributed by atoms with Gasteiger partial charge in [0.05, 0.1) is 11.4 Å². The van der Waals surface area contributed by atoms with E-state index in [4.69, 9.17) is 4.74 Å². The summed E-state index contributed by atoms with van der Waals surface area (Å²) in [5.41, 5.74) is 1.60. The molecule has 1 aliphatic heterocycles. The van der Waals surface area contributed by atoms with Crippen LogP contribution in [0.3, 0.4) is 0 Å². The summed E-state index contributed by atoms with van der Waals surface area (Å²) < 4.78 is 5.17. The normalized spacial score (nSPS) is 12.5. The molecule has 0 saturated heterocycles. The lowest BCUT2D eigenvalue weighted by Crippen LogP contribution is -2.32. The number of ether oxygens (including phenoxy) is 1. The number of hydrogen-bond acceptors (Lipinski definition) is 5. The topological polar surface area (TPSA) is 46.6 Å². The molecule has 4 rings (SSSR count). The number of nitrogens with zero attached hydrogens (tertiary/aromatic N) is 1. The molecule has 0 radical (unpaired) electrons. The average molecular weight is 393 g/mol. The van der Waals surface area contributed by atoms with Crippen LogP contribution < -0.4 is 4.90 Å². The van der Waals surface area contributed by atoms with Gasteiger partial charge in [-0.25, -0.2) is 4.79 Å². The number of amides is 1. The van der Waals surface area contributed by atoms with Crippen molar-refractivity contribution in [2.45, 2.75) is 9.79 Å². The Morgan fingerprint density at radius 3 is 2.22 bits per heavy atom. The van der Waals surface area contributed by atoms with Crippen molar-refractivity contribution in [3.8, 4) is 0 Å². The number of fused-ring (bicyclic) bond motifs is 2. The number of anilines is 2. The van der Waals surface area contributed by atoms with Gasteiger partial charge in [-0.05, 0) is 41.8 Å². The highest BCUT2D eigenvalue weighted by molar-refractivity contribution is 7.99. The molecule has 3 aromatic rings. The number of rotatable bonds is 4. The molecule has 0 fully saturated rings. The highest BCUT2D eigenvalue weighted by Gasteiger charge is 2.28. The predicted octanol–water partition coefficient (Wildman–Crippen LogP) is 5.13. The van der Waals surface area contributed by atoms with Gasteiger partial charge < -0.3 is 4.74 Å². The summed E-state index contributed by atoms with van der Waals surface area (Å²) in [6, 6.07) is 19.2. The minimum atomic E-state index is -0.537. The van der Waals surface area contributed by atoms with E-state index in [0.29, 0.717) is 0 Å². The van der Waals surface area contributed by atoms with Crippen LogP contribution >= 0.6 is 23.1 Å². The summed E-state index contributed by atoms with van der Waals surface area (Å²) in [6.07, 6.45) is 3.02. The Kier molecular flexibility index (Phi) is 5.09. The number of esters is 1. The molecular weight excluding hydrogens is 378 g/mol. The fraction of sp³-hybridized carbons (Fsp3) is 0.0476. The van der Waals surface area contributed by atoms with E-state index < -0.39 is 5.97 Å². The molecule has 4 nitrogen and oxygen atoms in total. The lowest BCUT2D eigenvalue weighted by atomic mass is 10.2. The Morgan fingerprint density at radius 2 is 1.59 bits per heavy atom. The third-order valence-corrected chi connectivity index (χ3v) is 5.91. The van der Waals surface area contributed by atoms with Gasteiger partial charge in [0.1, 0.15) is 0 Å². The van der Waals surface area contributed by atoms with Crippen molar-refractivity contribution >= 4 is 52.4 Å². The first-order chi connectivity index (χ1) is 13.2. The summed E-state index contributed by atoms with van der Waals surface area (Å²) in [5.74, 6) is -0.822. The summed E-state index contributed by atoms with van der Waals surface area (Å²) in [4.78, 5) is 29.4. The molecule has 0 bridgehead atoms. The molecule has 2 heterocycles. The van der Waals surface area contributed by atoms with E-state index in [9.17, 15) is 9.59 Å². The number of carbonyl (C=O) groups excluding carboxylic acids is 2. The first kappa shape index (κ1) is 17.6. The zero-order valence-corrected chi connectivity index (χ0v) is 15.8. The maximum atomic E-state index is 12.9. The van der Waals surface area contributed by atoms with Gasteiger partial charge in [0.15, 0.2) is 6.61 Å². The molecule has 27 heavy (non-hydrogen) atoms. The van der Waals surface area contributed by atoms with Crippen molar-refractivity contribution in [1.82, 2.24) is 0 Å². The Morgan fingerprint density at radius 1 is 0.926 bits per heavy atom. The third-order valence-electron chi connectivity index (χ3n) is 3.95. The van der Waals surface area contributed by atoms with Crippen molar-refractivity contribution in [2.24, 2.45) is 0 Å². The van der Waals surface area contributed by atoms with Crippen LogP contribution in [0.15, 0.2) is 81.9 Å². The molecule has 0 saturated carbocycles. The first-order valence-electron chi connectivity index (χ1n) is 8.29. The van der Waals surface area contributed by atoms with Crippen LogP contribution in [-0.2, 0) is 14.3 Å². The second-order valence-corrected chi connectivity index (χ2v) is 7.79. The van der Waals surface area contributed by atoms with Gasteiger partial charge in [-0.3, -0.25) is 9.69 Å². The third kappa shape index (κ3) is 3.82. The summed E-state index contributed by atoms with van der Waals surface area (Å²) in [6.45, 7) is -0.319. The Hall–Kier alpha value is -2.83. The zero-order chi connectivity index (χ0) is 18.6. The minimum Gasteiger partial charge on any atom is -0.452 e. The molecule has 0 N–H and O–H groups in total. The maximum absolute atomic E-state index is 12.9. The van der Waals surface area contributed by atoms with Crippen LogP contribution in [0.4, 0.5) is 11.4 Å². The lowest BCUT2D eigenvalue weighted by Gasteiger charge is -2.30. The number of carbonyl (C=O) groups is 2. The molecule has 1 aromatic heterocycles. The molecule has 2 aromatic carbocycles. The second kappa shape index (κ2) is 7.82. The summed E-state index contributed by atoms with van der Waals surface area (Å²) in [7, 11) is 0. The fourth-order valence-electron chi connectivity index (χ4n) is 2.76. The highest BCUT2D eigenvalue weighted by Crippen LogP contribution is 2.47. The SMILES string of the molecule is O=C(/C=C/c1cccs1)OCC(=O)N1c2ccccc2Sc2ccccc21.